The fraction of sp³-hybridized carbons (Fsp3) is 0.111. The minimum atomic E-state index is -0.549. The summed E-state index contributed by atoms with van der Waals surface area (Å²) in [6.07, 6.45) is 1.39. The number of nitrogens with zero attached hydrogens (tertiary/aromatic N) is 1. The fourth-order valence-corrected chi connectivity index (χ4v) is 2.48. The number of carbonyl (C=O) groups is 1. The van der Waals surface area contributed by atoms with Crippen molar-refractivity contribution in [2.75, 3.05) is 19.5 Å². The van der Waals surface area contributed by atoms with Gasteiger partial charge in [0.05, 0.1) is 14.2 Å². The van der Waals surface area contributed by atoms with E-state index in [0.717, 1.165) is 4.47 Å². The number of benzene rings is 2. The number of aromatic hydroxyl groups is 1. The van der Waals surface area contributed by atoms with Gasteiger partial charge in [-0.2, -0.15) is 5.26 Å². The summed E-state index contributed by atoms with van der Waals surface area (Å²) in [7, 11) is 2.79. The Labute approximate surface area is 153 Å². The van der Waals surface area contributed by atoms with E-state index < -0.39 is 5.91 Å². The van der Waals surface area contributed by atoms with Crippen LogP contribution in [0.3, 0.4) is 0 Å². The molecule has 0 atom stereocenters. The third kappa shape index (κ3) is 4.52. The summed E-state index contributed by atoms with van der Waals surface area (Å²) >= 11 is 3.32. The molecule has 128 valence electrons. The summed E-state index contributed by atoms with van der Waals surface area (Å²) in [4.78, 5) is 12.3. The van der Waals surface area contributed by atoms with E-state index in [1.54, 1.807) is 18.2 Å². The van der Waals surface area contributed by atoms with Crippen LogP contribution >= 0.6 is 15.9 Å². The number of nitrogens with one attached hydrogen (secondary N) is 1. The molecule has 0 unspecified atom stereocenters. The smallest absolute Gasteiger partial charge is 0.266 e. The van der Waals surface area contributed by atoms with E-state index in [4.69, 9.17) is 9.47 Å². The first kappa shape index (κ1) is 18.4. The van der Waals surface area contributed by atoms with E-state index in [1.807, 2.05) is 12.1 Å². The third-order valence-electron chi connectivity index (χ3n) is 3.26. The number of hydrogen-bond donors (Lipinski definition) is 2. The number of anilines is 1. The van der Waals surface area contributed by atoms with Gasteiger partial charge in [0.2, 0.25) is 5.75 Å². The molecule has 0 fully saturated rings. The molecule has 0 saturated heterocycles. The average molecular weight is 403 g/mol. The highest BCUT2D eigenvalue weighted by atomic mass is 79.9. The monoisotopic (exact) mass is 402 g/mol. The first-order valence-electron chi connectivity index (χ1n) is 7.12. The van der Waals surface area contributed by atoms with Crippen molar-refractivity contribution in [2.45, 2.75) is 0 Å². The second-order valence-electron chi connectivity index (χ2n) is 4.91. The van der Waals surface area contributed by atoms with Crippen molar-refractivity contribution in [1.82, 2.24) is 0 Å². The Morgan fingerprint density at radius 3 is 2.40 bits per heavy atom. The number of halogens is 1. The number of carbonyl (C=O) groups excluding carboxylic acids is 1. The molecule has 0 aliphatic heterocycles. The molecule has 25 heavy (non-hydrogen) atoms. The van der Waals surface area contributed by atoms with E-state index in [9.17, 15) is 15.2 Å². The highest BCUT2D eigenvalue weighted by Crippen LogP contribution is 2.37. The summed E-state index contributed by atoms with van der Waals surface area (Å²) in [5, 5.41) is 21.9. The molecule has 2 N–H and O–H groups in total. The van der Waals surface area contributed by atoms with Gasteiger partial charge in [0.25, 0.3) is 5.91 Å². The predicted molar refractivity (Wildman–Crippen MR) is 97.6 cm³/mol. The van der Waals surface area contributed by atoms with Crippen LogP contribution in [-0.2, 0) is 4.79 Å². The van der Waals surface area contributed by atoms with Crippen LogP contribution in [-0.4, -0.2) is 25.2 Å². The molecular formula is C18H15BrN2O4. The molecule has 0 aliphatic carbocycles. The van der Waals surface area contributed by atoms with Crippen LogP contribution in [0.15, 0.2) is 46.4 Å². The van der Waals surface area contributed by atoms with Crippen LogP contribution in [0.2, 0.25) is 0 Å². The van der Waals surface area contributed by atoms with Gasteiger partial charge in [-0.1, -0.05) is 22.0 Å². The molecule has 7 heteroatoms. The largest absolute Gasteiger partial charge is 0.502 e. The lowest BCUT2D eigenvalue weighted by Crippen LogP contribution is -2.13. The van der Waals surface area contributed by atoms with E-state index >= 15 is 0 Å². The Morgan fingerprint density at radius 2 is 1.88 bits per heavy atom. The molecule has 1 amide bonds. The average Bonchev–Trinajstić information content (AvgIpc) is 2.60. The second-order valence-corrected chi connectivity index (χ2v) is 5.82. The molecule has 2 rings (SSSR count). The number of hydrogen-bond acceptors (Lipinski definition) is 5. The van der Waals surface area contributed by atoms with Gasteiger partial charge in [-0.25, -0.2) is 0 Å². The molecule has 0 radical (unpaired) electrons. The van der Waals surface area contributed by atoms with Crippen molar-refractivity contribution < 1.29 is 19.4 Å². The normalized spacial score (nSPS) is 10.7. The van der Waals surface area contributed by atoms with Crippen molar-refractivity contribution >= 4 is 33.6 Å². The summed E-state index contributed by atoms with van der Waals surface area (Å²) in [6.45, 7) is 0. The van der Waals surface area contributed by atoms with E-state index in [2.05, 4.69) is 21.2 Å². The van der Waals surface area contributed by atoms with Crippen LogP contribution in [0.1, 0.15) is 5.56 Å². The zero-order valence-electron chi connectivity index (χ0n) is 13.5. The van der Waals surface area contributed by atoms with Crippen molar-refractivity contribution in [3.8, 4) is 23.3 Å². The Morgan fingerprint density at radius 1 is 1.24 bits per heavy atom. The molecule has 0 saturated carbocycles. The predicted octanol–water partition coefficient (Wildman–Crippen LogP) is 3.72. The van der Waals surface area contributed by atoms with Gasteiger partial charge < -0.3 is 19.9 Å². The lowest BCUT2D eigenvalue weighted by molar-refractivity contribution is -0.112. The van der Waals surface area contributed by atoms with Crippen LogP contribution in [0.4, 0.5) is 5.69 Å². The van der Waals surface area contributed by atoms with Crippen LogP contribution in [0, 0.1) is 11.3 Å². The fourth-order valence-electron chi connectivity index (χ4n) is 2.08. The van der Waals surface area contributed by atoms with Crippen molar-refractivity contribution in [3.63, 3.8) is 0 Å². The van der Waals surface area contributed by atoms with Crippen LogP contribution in [0.25, 0.3) is 6.08 Å². The highest BCUT2D eigenvalue weighted by molar-refractivity contribution is 9.10. The zero-order chi connectivity index (χ0) is 18.4. The Hall–Kier alpha value is -2.98. The molecule has 2 aromatic rings. The van der Waals surface area contributed by atoms with E-state index in [1.165, 1.54) is 32.4 Å². The molecule has 6 nitrogen and oxygen atoms in total. The summed E-state index contributed by atoms with van der Waals surface area (Å²) in [5.74, 6) is -0.351. The molecule has 2 aromatic carbocycles. The number of ether oxygens (including phenoxy) is 2. The van der Waals surface area contributed by atoms with Crippen molar-refractivity contribution in [3.05, 3.63) is 52.0 Å². The highest BCUT2D eigenvalue weighted by Gasteiger charge is 2.13. The molecule has 0 heterocycles. The number of rotatable bonds is 5. The topological polar surface area (TPSA) is 91.6 Å². The minimum Gasteiger partial charge on any atom is -0.502 e. The maximum Gasteiger partial charge on any atom is 0.266 e. The van der Waals surface area contributed by atoms with Crippen LogP contribution < -0.4 is 14.8 Å². The first-order valence-corrected chi connectivity index (χ1v) is 7.91. The Bertz CT molecular complexity index is 847. The Kier molecular flexibility index (Phi) is 6.03. The second kappa shape index (κ2) is 8.22. The van der Waals surface area contributed by atoms with E-state index in [0.29, 0.717) is 11.3 Å². The quantitative estimate of drug-likeness (QED) is 0.587. The summed E-state index contributed by atoms with van der Waals surface area (Å²) < 4.78 is 10.9. The van der Waals surface area contributed by atoms with Gasteiger partial charge >= 0.3 is 0 Å². The molecular weight excluding hydrogens is 388 g/mol. The maximum absolute atomic E-state index is 12.3. The number of nitriles is 1. The van der Waals surface area contributed by atoms with E-state index in [-0.39, 0.29) is 22.8 Å². The van der Waals surface area contributed by atoms with Crippen molar-refractivity contribution in [2.24, 2.45) is 0 Å². The van der Waals surface area contributed by atoms with Gasteiger partial charge in [-0.15, -0.1) is 0 Å². The minimum absolute atomic E-state index is 0.102. The first-order chi connectivity index (χ1) is 12.0. The molecule has 0 aliphatic rings. The number of phenolic OH excluding ortho intramolecular Hbond substituents is 1. The lowest BCUT2D eigenvalue weighted by Gasteiger charge is -2.10. The number of phenols is 1. The van der Waals surface area contributed by atoms with Crippen molar-refractivity contribution in [1.29, 1.82) is 5.26 Å². The Balaban J connectivity index is 2.33. The lowest BCUT2D eigenvalue weighted by atomic mass is 10.1. The van der Waals surface area contributed by atoms with Gasteiger partial charge in [-0.3, -0.25) is 4.79 Å². The number of methoxy groups -OCH3 is 2. The van der Waals surface area contributed by atoms with Gasteiger partial charge in [-0.05, 0) is 42.0 Å². The van der Waals surface area contributed by atoms with Gasteiger partial charge in [0.15, 0.2) is 11.5 Å². The van der Waals surface area contributed by atoms with Gasteiger partial charge in [0.1, 0.15) is 11.6 Å². The molecule has 0 bridgehead atoms. The molecule has 0 aromatic heterocycles. The van der Waals surface area contributed by atoms with Gasteiger partial charge in [0, 0.05) is 10.2 Å². The zero-order valence-corrected chi connectivity index (χ0v) is 15.1. The maximum atomic E-state index is 12.3. The SMILES string of the molecule is COc1cc(/C=C(\C#N)C(=O)Nc2cccc(Br)c2)cc(OC)c1O. The van der Waals surface area contributed by atoms with Crippen LogP contribution in [0.5, 0.6) is 17.2 Å². The summed E-state index contributed by atoms with van der Waals surface area (Å²) in [6, 6.07) is 11.9. The third-order valence-corrected chi connectivity index (χ3v) is 3.75. The molecule has 0 spiro atoms. The summed E-state index contributed by atoms with van der Waals surface area (Å²) in [5.41, 5.74) is 0.934. The number of amides is 1. The standard InChI is InChI=1S/C18H15BrN2O4/c1-24-15-7-11(8-16(25-2)17(15)22)6-12(10-20)18(23)21-14-5-3-4-13(19)9-14/h3-9,22H,1-2H3,(H,21,23)/b12-6+.